The summed E-state index contributed by atoms with van der Waals surface area (Å²) in [7, 11) is 0. The molecule has 0 atom stereocenters. The molecular weight excluding hydrogens is 1020 g/mol. The fourth-order valence-corrected chi connectivity index (χ4v) is 11.6. The van der Waals surface area contributed by atoms with Crippen molar-refractivity contribution in [2.24, 2.45) is 0 Å². The van der Waals surface area contributed by atoms with Crippen LogP contribution in [0.3, 0.4) is 0 Å². The van der Waals surface area contributed by atoms with Crippen LogP contribution < -0.4 is 0 Å². The Bertz CT molecular complexity index is 4990. The summed E-state index contributed by atoms with van der Waals surface area (Å²) in [6.45, 7) is 0. The van der Waals surface area contributed by atoms with Crippen LogP contribution in [-0.2, 0) is 0 Å². The molecule has 4 aromatic heterocycles. The van der Waals surface area contributed by atoms with Crippen molar-refractivity contribution in [3.05, 3.63) is 228 Å². The summed E-state index contributed by atoms with van der Waals surface area (Å²) in [4.78, 5) is 10.3. The van der Waals surface area contributed by atoms with Crippen molar-refractivity contribution in [2.45, 2.75) is 0 Å². The van der Waals surface area contributed by atoms with Crippen molar-refractivity contribution in [3.8, 4) is 97.4 Å². The van der Waals surface area contributed by atoms with Gasteiger partial charge in [-0.15, -0.1) is 0 Å². The van der Waals surface area contributed by atoms with Crippen LogP contribution in [0.4, 0.5) is 0 Å². The highest BCUT2D eigenvalue weighted by Gasteiger charge is 2.19. The van der Waals surface area contributed by atoms with E-state index in [0.29, 0.717) is 27.8 Å². The van der Waals surface area contributed by atoms with Gasteiger partial charge in [0.2, 0.25) is 0 Å². The van der Waals surface area contributed by atoms with Crippen LogP contribution in [0.15, 0.2) is 200 Å². The Hall–Kier alpha value is -11.4. The van der Waals surface area contributed by atoms with Crippen LogP contribution in [0, 0.1) is 56.7 Å². The maximum atomic E-state index is 9.70. The number of hydrogen-bond acceptors (Lipinski definition) is 13. The number of rotatable bonds is 6. The molecule has 0 saturated heterocycles. The highest BCUT2D eigenvalue weighted by molar-refractivity contribution is 7.00. The van der Waals surface area contributed by atoms with E-state index in [9.17, 15) is 26.3 Å². The summed E-state index contributed by atoms with van der Waals surface area (Å²) in [5, 5.41) is 53.6. The van der Waals surface area contributed by atoms with Crippen molar-refractivity contribution < 1.29 is 0 Å². The molecule has 0 aliphatic rings. The summed E-state index contributed by atoms with van der Waals surface area (Å²) in [5.41, 5.74) is 18.1. The molecule has 0 N–H and O–H groups in total. The zero-order valence-corrected chi connectivity index (χ0v) is 43.4. The van der Waals surface area contributed by atoms with Gasteiger partial charge in [-0.2, -0.15) is 43.8 Å². The third-order valence-corrected chi connectivity index (χ3v) is 15.3. The summed E-state index contributed by atoms with van der Waals surface area (Å²) in [6, 6.07) is 75.9. The smallest absolute Gasteiger partial charge is 0.113 e. The quantitative estimate of drug-likeness (QED) is 0.144. The van der Waals surface area contributed by atoms with Crippen LogP contribution in [0.25, 0.3) is 132 Å². The van der Waals surface area contributed by atoms with E-state index < -0.39 is 0 Å². The Morgan fingerprint density at radius 2 is 0.675 bits per heavy atom. The van der Waals surface area contributed by atoms with Gasteiger partial charge in [0.15, 0.2) is 0 Å². The van der Waals surface area contributed by atoms with Crippen LogP contribution in [0.5, 0.6) is 0 Å². The Kier molecular flexibility index (Phi) is 12.2. The molecule has 0 fully saturated rings. The molecule has 0 spiro atoms. The van der Waals surface area contributed by atoms with Gasteiger partial charge in [-0.25, -0.2) is 9.97 Å². The molecule has 14 aromatic rings. The highest BCUT2D eigenvalue weighted by Crippen LogP contribution is 2.41. The maximum absolute atomic E-state index is 9.70. The van der Waals surface area contributed by atoms with Crippen molar-refractivity contribution in [2.75, 3.05) is 0 Å². The highest BCUT2D eigenvalue weighted by atomic mass is 32.1. The summed E-state index contributed by atoms with van der Waals surface area (Å²) < 4.78 is 18.2. The molecule has 0 bridgehead atoms. The first-order chi connectivity index (χ1) is 39.4. The Morgan fingerprint density at radius 1 is 0.287 bits per heavy atom. The molecule has 11 nitrogen and oxygen atoms in total. The number of nitrogens with zero attached hydrogens (tertiary/aromatic N) is 11. The van der Waals surface area contributed by atoms with Crippen LogP contribution in [0.2, 0.25) is 0 Å². The van der Waals surface area contributed by atoms with Crippen molar-refractivity contribution in [3.63, 3.8) is 0 Å². The number of hydrogen-bond donors (Lipinski definition) is 0. The molecule has 0 saturated carbocycles. The number of nitriles is 5. The molecule has 0 amide bonds. The van der Waals surface area contributed by atoms with Gasteiger partial charge in [-0.3, -0.25) is 0 Å². The average molecular weight is 1060 g/mol. The zero-order valence-electron chi connectivity index (χ0n) is 41.8. The van der Waals surface area contributed by atoms with Crippen molar-refractivity contribution in [1.29, 1.82) is 26.3 Å². The largest absolute Gasteiger partial charge is 0.247 e. The van der Waals surface area contributed by atoms with Gasteiger partial charge in [-0.05, 0) is 106 Å². The van der Waals surface area contributed by atoms with E-state index in [-0.39, 0.29) is 5.56 Å². The van der Waals surface area contributed by atoms with Gasteiger partial charge < -0.3 is 0 Å². The van der Waals surface area contributed by atoms with Gasteiger partial charge in [0.25, 0.3) is 0 Å². The van der Waals surface area contributed by atoms with E-state index in [4.69, 9.17) is 9.97 Å². The summed E-state index contributed by atoms with van der Waals surface area (Å²) >= 11 is 2.43. The normalized spacial score (nSPS) is 10.9. The standard InChI is InChI=1S/C34H16N6S.C33H17N5S/c35-17-20-14-25(18-36)31(26(15-20)19-37)22-8-6-21(7-9-22)24-10-11-27-30(16-24)38-33(23-4-2-1-3-5-23)28-12-13-29-34(32(27)28)40-41-39-29;34-18-20-14-21(19-35)16-26(15-20)23-8-6-22(7-9-23)25-10-11-27-30(17-25)36-32(24-4-2-1-3-5-24)28-12-13-29-33(31(27)28)38-39-37-29/h1-16H;1-17H. The summed E-state index contributed by atoms with van der Waals surface area (Å²) in [6.07, 6.45) is 0. The van der Waals surface area contributed by atoms with Gasteiger partial charge >= 0.3 is 0 Å². The lowest BCUT2D eigenvalue weighted by atomic mass is 9.92. The third kappa shape index (κ3) is 8.60. The lowest BCUT2D eigenvalue weighted by Gasteiger charge is -2.12. The van der Waals surface area contributed by atoms with Gasteiger partial charge in [0.05, 0.1) is 104 Å². The van der Waals surface area contributed by atoms with Gasteiger partial charge in [0.1, 0.15) is 22.1 Å². The van der Waals surface area contributed by atoms with Crippen LogP contribution in [-0.4, -0.2) is 27.5 Å². The second-order valence-corrected chi connectivity index (χ2v) is 19.9. The summed E-state index contributed by atoms with van der Waals surface area (Å²) in [5.74, 6) is 0. The van der Waals surface area contributed by atoms with Crippen LogP contribution in [0.1, 0.15) is 27.8 Å². The monoisotopic (exact) mass is 1060 g/mol. The average Bonchev–Trinajstić information content (AvgIpc) is 4.30. The minimum Gasteiger partial charge on any atom is -0.247 e. The predicted molar refractivity (Wildman–Crippen MR) is 317 cm³/mol. The second kappa shape index (κ2) is 20.3. The molecule has 14 rings (SSSR count). The van der Waals surface area contributed by atoms with E-state index in [2.05, 4.69) is 127 Å². The third-order valence-electron chi connectivity index (χ3n) is 14.2. The predicted octanol–water partition coefficient (Wildman–Crippen LogP) is 16.1. The Labute approximate surface area is 465 Å². The van der Waals surface area contributed by atoms with Gasteiger partial charge in [-0.1, -0.05) is 133 Å². The van der Waals surface area contributed by atoms with E-state index in [1.165, 1.54) is 35.6 Å². The number of fused-ring (bicyclic) bond motifs is 10. The minimum atomic E-state index is 0.287. The zero-order chi connectivity index (χ0) is 54.3. The van der Waals surface area contributed by atoms with Gasteiger partial charge in [0, 0.05) is 49.0 Å². The first kappa shape index (κ1) is 48.3. The molecule has 10 aromatic carbocycles. The number of benzene rings is 10. The molecule has 0 unspecified atom stereocenters. The van der Waals surface area contributed by atoms with E-state index in [0.717, 1.165) is 127 Å². The van der Waals surface area contributed by atoms with E-state index in [1.54, 1.807) is 18.2 Å². The Morgan fingerprint density at radius 3 is 1.10 bits per heavy atom. The Balaban J connectivity index is 0.000000151. The lowest BCUT2D eigenvalue weighted by Crippen LogP contribution is -1.93. The number of pyridine rings is 2. The molecule has 0 radical (unpaired) electrons. The molecular formula is C67H33N11S2. The topological polar surface area (TPSA) is 196 Å². The lowest BCUT2D eigenvalue weighted by molar-refractivity contribution is 1.41. The van der Waals surface area contributed by atoms with E-state index >= 15 is 0 Å². The molecule has 0 aliphatic heterocycles. The number of aromatic nitrogens is 6. The fraction of sp³-hybridized carbons (Fsp3) is 0. The minimum absolute atomic E-state index is 0.287. The van der Waals surface area contributed by atoms with E-state index in [1.807, 2.05) is 91.0 Å². The maximum Gasteiger partial charge on any atom is 0.113 e. The fourth-order valence-electron chi connectivity index (χ4n) is 10.5. The van der Waals surface area contributed by atoms with Crippen molar-refractivity contribution in [1.82, 2.24) is 27.5 Å². The molecule has 4 heterocycles. The molecule has 368 valence electrons. The first-order valence-electron chi connectivity index (χ1n) is 25.0. The molecule has 0 aliphatic carbocycles. The molecule has 13 heteroatoms. The van der Waals surface area contributed by atoms with Crippen molar-refractivity contribution >= 4 is 88.9 Å². The SMILES string of the molecule is N#Cc1cc(C#N)c(-c2ccc(-c3ccc4c(c3)nc(-c3ccccc3)c3ccc5nsnc5c34)cc2)c(C#N)c1.N#Cc1cc(C#N)cc(-c2ccc(-c3ccc4c(c3)nc(-c3ccccc3)c3ccc5nsnc5c34)cc2)c1. The second-order valence-electron chi connectivity index (χ2n) is 18.8. The van der Waals surface area contributed by atoms with Crippen LogP contribution >= 0.6 is 23.5 Å². The first-order valence-corrected chi connectivity index (χ1v) is 26.5. The molecule has 80 heavy (non-hydrogen) atoms.